The van der Waals surface area contributed by atoms with Crippen molar-refractivity contribution in [3.63, 3.8) is 0 Å². The minimum atomic E-state index is -1.85. The van der Waals surface area contributed by atoms with Gasteiger partial charge in [0.25, 0.3) is 0 Å². The lowest BCUT2D eigenvalue weighted by Crippen LogP contribution is -2.48. The molecule has 1 rings (SSSR count). The lowest BCUT2D eigenvalue weighted by atomic mass is 10.0. The molecule has 0 spiro atoms. The van der Waals surface area contributed by atoms with E-state index in [4.69, 9.17) is 14.2 Å². The van der Waals surface area contributed by atoms with Crippen LogP contribution in [0.2, 0.25) is 0 Å². The van der Waals surface area contributed by atoms with Gasteiger partial charge in [0.1, 0.15) is 6.10 Å². The van der Waals surface area contributed by atoms with E-state index in [9.17, 15) is 19.6 Å². The molecule has 0 aliphatic carbocycles. The summed E-state index contributed by atoms with van der Waals surface area (Å²) < 4.78 is 19.9. The van der Waals surface area contributed by atoms with Crippen LogP contribution < -0.4 is 0 Å². The van der Waals surface area contributed by atoms with Gasteiger partial charge >= 0.3 is 11.9 Å². The van der Waals surface area contributed by atoms with Crippen LogP contribution in [0.5, 0.6) is 0 Å². The lowest BCUT2D eigenvalue weighted by molar-refractivity contribution is -0.160. The fourth-order valence-corrected chi connectivity index (χ4v) is 1.95. The molecule has 1 aliphatic heterocycles. The predicted molar refractivity (Wildman–Crippen MR) is 68.1 cm³/mol. The number of nitroso groups, excluding NO2 is 1. The Balaban J connectivity index is 2.88. The van der Waals surface area contributed by atoms with E-state index in [1.165, 1.54) is 6.92 Å². The Morgan fingerprint density at radius 1 is 1.24 bits per heavy atom. The third-order valence-electron chi connectivity index (χ3n) is 2.81. The number of aliphatic hydroxyl groups is 1. The molecular formula is C12H19NO8. The van der Waals surface area contributed by atoms with Crippen molar-refractivity contribution < 1.29 is 33.6 Å². The number of esters is 2. The van der Waals surface area contributed by atoms with Gasteiger partial charge in [0.2, 0.25) is 0 Å². The zero-order chi connectivity index (χ0) is 16.0. The number of rotatable bonds is 7. The van der Waals surface area contributed by atoms with Gasteiger partial charge < -0.3 is 24.1 Å². The van der Waals surface area contributed by atoms with Gasteiger partial charge in [0.05, 0.1) is 13.2 Å². The summed E-state index contributed by atoms with van der Waals surface area (Å²) in [5.41, 5.74) is 0. The number of ether oxygens (including phenoxy) is 4. The van der Waals surface area contributed by atoms with Gasteiger partial charge in [-0.05, 0) is 20.8 Å². The summed E-state index contributed by atoms with van der Waals surface area (Å²) >= 11 is 0. The van der Waals surface area contributed by atoms with Gasteiger partial charge in [-0.25, -0.2) is 9.59 Å². The number of hydrogen-bond acceptors (Lipinski definition) is 9. The van der Waals surface area contributed by atoms with Crippen LogP contribution in [0.1, 0.15) is 20.8 Å². The van der Waals surface area contributed by atoms with Crippen molar-refractivity contribution in [2.45, 2.75) is 51.4 Å². The van der Waals surface area contributed by atoms with Crippen molar-refractivity contribution in [2.24, 2.45) is 5.18 Å². The van der Waals surface area contributed by atoms with Gasteiger partial charge in [0.15, 0.2) is 24.5 Å². The van der Waals surface area contributed by atoms with E-state index in [2.05, 4.69) is 9.91 Å². The van der Waals surface area contributed by atoms with E-state index in [1.54, 1.807) is 13.8 Å². The first-order chi connectivity index (χ1) is 9.96. The first-order valence-electron chi connectivity index (χ1n) is 6.60. The highest BCUT2D eigenvalue weighted by Gasteiger charge is 2.49. The van der Waals surface area contributed by atoms with E-state index < -0.39 is 42.6 Å². The van der Waals surface area contributed by atoms with Crippen molar-refractivity contribution >= 4 is 11.9 Å². The van der Waals surface area contributed by atoms with Crippen molar-refractivity contribution in [3.8, 4) is 0 Å². The quantitative estimate of drug-likeness (QED) is 0.504. The van der Waals surface area contributed by atoms with Gasteiger partial charge in [-0.3, -0.25) is 0 Å². The molecular weight excluding hydrogens is 286 g/mol. The monoisotopic (exact) mass is 305 g/mol. The summed E-state index contributed by atoms with van der Waals surface area (Å²) in [5.74, 6) is -1.77. The topological polar surface area (TPSA) is 121 Å². The van der Waals surface area contributed by atoms with Crippen LogP contribution >= 0.6 is 0 Å². The van der Waals surface area contributed by atoms with Crippen molar-refractivity contribution in [1.29, 1.82) is 0 Å². The minimum absolute atomic E-state index is 0.0290. The van der Waals surface area contributed by atoms with Crippen molar-refractivity contribution in [3.05, 3.63) is 4.91 Å². The molecule has 0 aromatic heterocycles. The fraction of sp³-hybridized carbons (Fsp3) is 0.833. The molecule has 9 nitrogen and oxygen atoms in total. The van der Waals surface area contributed by atoms with Crippen molar-refractivity contribution in [2.75, 3.05) is 13.2 Å². The molecule has 1 unspecified atom stereocenters. The maximum atomic E-state index is 11.8. The van der Waals surface area contributed by atoms with Crippen LogP contribution in [-0.4, -0.2) is 60.9 Å². The third-order valence-corrected chi connectivity index (χ3v) is 2.81. The molecule has 1 aliphatic rings. The normalized spacial score (nSPS) is 27.7. The molecule has 0 saturated carbocycles. The summed E-state index contributed by atoms with van der Waals surface area (Å²) in [7, 11) is 0. The molecule has 0 bridgehead atoms. The van der Waals surface area contributed by atoms with Crippen LogP contribution in [0.3, 0.4) is 0 Å². The van der Waals surface area contributed by atoms with E-state index in [0.717, 1.165) is 0 Å². The summed E-state index contributed by atoms with van der Waals surface area (Å²) in [6, 6.07) is -1.54. The molecule has 0 radical (unpaired) electrons. The van der Waals surface area contributed by atoms with Gasteiger partial charge in [-0.2, -0.15) is 4.91 Å². The molecule has 1 heterocycles. The molecule has 1 N–H and O–H groups in total. The third kappa shape index (κ3) is 4.19. The highest BCUT2D eigenvalue weighted by atomic mass is 16.7. The first-order valence-corrected chi connectivity index (χ1v) is 6.60. The Morgan fingerprint density at radius 3 is 2.38 bits per heavy atom. The van der Waals surface area contributed by atoms with E-state index in [-0.39, 0.29) is 13.2 Å². The van der Waals surface area contributed by atoms with Crippen LogP contribution in [0.25, 0.3) is 0 Å². The second-order valence-corrected chi connectivity index (χ2v) is 4.27. The number of carbonyl (C=O) groups is 2. The Bertz CT molecular complexity index is 387. The van der Waals surface area contributed by atoms with E-state index in [0.29, 0.717) is 0 Å². The van der Waals surface area contributed by atoms with Crippen LogP contribution in [-0.2, 0) is 28.5 Å². The molecule has 0 amide bonds. The van der Waals surface area contributed by atoms with Crippen LogP contribution in [0, 0.1) is 4.91 Å². The van der Waals surface area contributed by atoms with Gasteiger partial charge in [-0.1, -0.05) is 5.18 Å². The summed E-state index contributed by atoms with van der Waals surface area (Å²) in [4.78, 5) is 34.2. The van der Waals surface area contributed by atoms with Crippen LogP contribution in [0.15, 0.2) is 5.18 Å². The Labute approximate surface area is 121 Å². The molecule has 5 atom stereocenters. The fourth-order valence-electron chi connectivity index (χ4n) is 1.95. The van der Waals surface area contributed by atoms with Gasteiger partial charge in [0, 0.05) is 0 Å². The van der Waals surface area contributed by atoms with E-state index in [1.807, 2.05) is 0 Å². The maximum absolute atomic E-state index is 11.8. The average Bonchev–Trinajstić information content (AvgIpc) is 2.82. The summed E-state index contributed by atoms with van der Waals surface area (Å²) in [6.07, 6.45) is -5.12. The van der Waals surface area contributed by atoms with Gasteiger partial charge in [-0.15, -0.1) is 0 Å². The zero-order valence-electron chi connectivity index (χ0n) is 12.1. The van der Waals surface area contributed by atoms with Crippen LogP contribution in [0.4, 0.5) is 0 Å². The summed E-state index contributed by atoms with van der Waals surface area (Å²) in [6.45, 7) is 4.80. The number of carbonyl (C=O) groups excluding carboxylic acids is 2. The second-order valence-electron chi connectivity index (χ2n) is 4.27. The molecule has 0 aromatic carbocycles. The average molecular weight is 305 g/mol. The SMILES string of the molecule is CCOC(=O)[C@@H](O)[C@H](N=O)[C@@H]1OC(C)O[C@H]1C(=O)OCC. The number of nitrogens with zero attached hydrogens (tertiary/aromatic N) is 1. The lowest BCUT2D eigenvalue weighted by Gasteiger charge is -2.22. The Hall–Kier alpha value is -1.58. The standard InChI is InChI=1S/C12H19NO8/c1-4-18-11(15)8(14)7(13-17)9-10(12(16)19-5-2)21-6(3)20-9/h6-10,14H,4-5H2,1-3H3/t6?,7-,8-,9-,10+/m0/s1. The minimum Gasteiger partial charge on any atom is -0.464 e. The molecule has 9 heteroatoms. The number of hydrogen-bond donors (Lipinski definition) is 1. The van der Waals surface area contributed by atoms with Crippen molar-refractivity contribution in [1.82, 2.24) is 0 Å². The highest BCUT2D eigenvalue weighted by Crippen LogP contribution is 2.26. The Kier molecular flexibility index (Phi) is 6.66. The first kappa shape index (κ1) is 17.5. The van der Waals surface area contributed by atoms with E-state index >= 15 is 0 Å². The highest BCUT2D eigenvalue weighted by molar-refractivity contribution is 5.78. The molecule has 1 saturated heterocycles. The second kappa shape index (κ2) is 8.01. The molecule has 21 heavy (non-hydrogen) atoms. The molecule has 1 fully saturated rings. The largest absolute Gasteiger partial charge is 0.464 e. The number of aliphatic hydroxyl groups excluding tert-OH is 1. The zero-order valence-corrected chi connectivity index (χ0v) is 12.1. The Morgan fingerprint density at radius 2 is 1.86 bits per heavy atom. The smallest absolute Gasteiger partial charge is 0.338 e. The molecule has 120 valence electrons. The maximum Gasteiger partial charge on any atom is 0.338 e. The summed E-state index contributed by atoms with van der Waals surface area (Å²) in [5, 5.41) is 12.5. The molecule has 0 aromatic rings. The predicted octanol–water partition coefficient (Wildman–Crippen LogP) is -0.262.